The Kier molecular flexibility index (Phi) is 3.60. The second-order valence-corrected chi connectivity index (χ2v) is 5.02. The molecule has 1 aromatic carbocycles. The molecule has 0 fully saturated rings. The third-order valence-electron chi connectivity index (χ3n) is 2.13. The van der Waals surface area contributed by atoms with Gasteiger partial charge in [-0.25, -0.2) is 0 Å². The second-order valence-electron chi connectivity index (χ2n) is 4.58. The smallest absolute Gasteiger partial charge is 0.119 e. The van der Waals surface area contributed by atoms with Crippen molar-refractivity contribution in [1.29, 1.82) is 5.26 Å². The Bertz CT molecular complexity index is 374. The molecular formula is C12H15ClN2. The average Bonchev–Trinajstić information content (AvgIpc) is 2.12. The van der Waals surface area contributed by atoms with E-state index in [2.05, 4.69) is 11.4 Å². The molecule has 0 aliphatic heterocycles. The van der Waals surface area contributed by atoms with Crippen LogP contribution in [0, 0.1) is 16.7 Å². The normalized spacial score (nSPS) is 13.0. The van der Waals surface area contributed by atoms with Crippen molar-refractivity contribution in [3.63, 3.8) is 0 Å². The van der Waals surface area contributed by atoms with Gasteiger partial charge in [0, 0.05) is 10.7 Å². The van der Waals surface area contributed by atoms with E-state index in [1.54, 1.807) is 0 Å². The van der Waals surface area contributed by atoms with E-state index in [1.165, 1.54) is 0 Å². The van der Waals surface area contributed by atoms with E-state index in [9.17, 15) is 0 Å². The van der Waals surface area contributed by atoms with Gasteiger partial charge in [-0.3, -0.25) is 0 Å². The summed E-state index contributed by atoms with van der Waals surface area (Å²) < 4.78 is 0. The van der Waals surface area contributed by atoms with Crippen molar-refractivity contribution in [1.82, 2.24) is 0 Å². The monoisotopic (exact) mass is 222 g/mol. The molecule has 0 bridgehead atoms. The summed E-state index contributed by atoms with van der Waals surface area (Å²) in [5, 5.41) is 12.9. The molecule has 0 radical (unpaired) electrons. The predicted octanol–water partition coefficient (Wildman–Crippen LogP) is 3.69. The van der Waals surface area contributed by atoms with E-state index in [1.807, 2.05) is 45.0 Å². The average molecular weight is 223 g/mol. The summed E-state index contributed by atoms with van der Waals surface area (Å²) in [6, 6.07) is 9.43. The summed E-state index contributed by atoms with van der Waals surface area (Å²) in [4.78, 5) is 0. The first-order valence-corrected chi connectivity index (χ1v) is 5.23. The highest BCUT2D eigenvalue weighted by atomic mass is 35.5. The van der Waals surface area contributed by atoms with E-state index < -0.39 is 0 Å². The molecule has 0 aliphatic rings. The number of hydrogen-bond donors (Lipinski definition) is 1. The van der Waals surface area contributed by atoms with Gasteiger partial charge in [-0.1, -0.05) is 38.4 Å². The zero-order chi connectivity index (χ0) is 11.5. The van der Waals surface area contributed by atoms with Crippen LogP contribution in [0.5, 0.6) is 0 Å². The quantitative estimate of drug-likeness (QED) is 0.829. The minimum atomic E-state index is -0.226. The number of nitrogens with one attached hydrogen (secondary N) is 1. The Morgan fingerprint density at radius 2 is 2.07 bits per heavy atom. The Hall–Kier alpha value is -1.20. The van der Waals surface area contributed by atoms with Crippen LogP contribution in [0.15, 0.2) is 24.3 Å². The molecule has 3 heteroatoms. The van der Waals surface area contributed by atoms with Crippen molar-refractivity contribution in [2.24, 2.45) is 5.41 Å². The van der Waals surface area contributed by atoms with Gasteiger partial charge in [0.1, 0.15) is 6.04 Å². The second kappa shape index (κ2) is 4.55. The van der Waals surface area contributed by atoms with E-state index >= 15 is 0 Å². The Balaban J connectivity index is 2.82. The lowest BCUT2D eigenvalue weighted by Gasteiger charge is -2.26. The Morgan fingerprint density at radius 3 is 2.53 bits per heavy atom. The van der Waals surface area contributed by atoms with Gasteiger partial charge in [-0.2, -0.15) is 5.26 Å². The molecule has 0 saturated carbocycles. The number of nitrogens with zero attached hydrogens (tertiary/aromatic N) is 1. The highest BCUT2D eigenvalue weighted by Crippen LogP contribution is 2.24. The van der Waals surface area contributed by atoms with E-state index in [4.69, 9.17) is 16.9 Å². The Labute approximate surface area is 95.9 Å². The third-order valence-corrected chi connectivity index (χ3v) is 2.37. The van der Waals surface area contributed by atoms with Crippen LogP contribution >= 0.6 is 11.6 Å². The number of anilines is 1. The summed E-state index contributed by atoms with van der Waals surface area (Å²) in [6.45, 7) is 6.08. The first-order chi connectivity index (χ1) is 6.93. The van der Waals surface area contributed by atoms with Crippen molar-refractivity contribution in [3.8, 4) is 6.07 Å². The van der Waals surface area contributed by atoms with Crippen LogP contribution in [0.25, 0.3) is 0 Å². The molecule has 1 rings (SSSR count). The zero-order valence-corrected chi connectivity index (χ0v) is 9.97. The van der Waals surface area contributed by atoms with E-state index in [0.717, 1.165) is 5.69 Å². The molecular weight excluding hydrogens is 208 g/mol. The molecule has 1 aromatic rings. The first kappa shape index (κ1) is 11.9. The van der Waals surface area contributed by atoms with Gasteiger partial charge in [0.25, 0.3) is 0 Å². The summed E-state index contributed by atoms with van der Waals surface area (Å²) in [7, 11) is 0. The highest BCUT2D eigenvalue weighted by molar-refractivity contribution is 6.30. The van der Waals surface area contributed by atoms with Gasteiger partial charge >= 0.3 is 0 Å². The fraction of sp³-hybridized carbons (Fsp3) is 0.417. The molecule has 0 saturated heterocycles. The molecule has 1 unspecified atom stereocenters. The number of hydrogen-bond acceptors (Lipinski definition) is 2. The maximum atomic E-state index is 9.05. The maximum absolute atomic E-state index is 9.05. The molecule has 0 aliphatic carbocycles. The van der Waals surface area contributed by atoms with Crippen LogP contribution in [0.4, 0.5) is 5.69 Å². The summed E-state index contributed by atoms with van der Waals surface area (Å²) >= 11 is 5.86. The molecule has 1 N–H and O–H groups in total. The van der Waals surface area contributed by atoms with Crippen LogP contribution < -0.4 is 5.32 Å². The highest BCUT2D eigenvalue weighted by Gasteiger charge is 2.23. The molecule has 0 spiro atoms. The van der Waals surface area contributed by atoms with Crippen molar-refractivity contribution in [2.75, 3.05) is 5.32 Å². The van der Waals surface area contributed by atoms with Gasteiger partial charge in [0.15, 0.2) is 0 Å². The minimum absolute atomic E-state index is 0.100. The summed E-state index contributed by atoms with van der Waals surface area (Å²) in [5.41, 5.74) is 0.779. The summed E-state index contributed by atoms with van der Waals surface area (Å²) in [6.07, 6.45) is 0. The number of benzene rings is 1. The maximum Gasteiger partial charge on any atom is 0.119 e. The summed E-state index contributed by atoms with van der Waals surface area (Å²) in [5.74, 6) is 0. The van der Waals surface area contributed by atoms with Crippen LogP contribution in [0.2, 0.25) is 5.02 Å². The largest absolute Gasteiger partial charge is 0.369 e. The number of halogens is 1. The molecule has 0 aromatic heterocycles. The van der Waals surface area contributed by atoms with Gasteiger partial charge in [0.05, 0.1) is 6.07 Å². The number of rotatable bonds is 2. The molecule has 2 nitrogen and oxygen atoms in total. The predicted molar refractivity (Wildman–Crippen MR) is 63.9 cm³/mol. The lowest BCUT2D eigenvalue weighted by Crippen LogP contribution is -2.32. The van der Waals surface area contributed by atoms with Gasteiger partial charge in [-0.05, 0) is 23.6 Å². The van der Waals surface area contributed by atoms with Crippen LogP contribution in [0.3, 0.4) is 0 Å². The van der Waals surface area contributed by atoms with Crippen LogP contribution in [-0.2, 0) is 0 Å². The van der Waals surface area contributed by atoms with Gasteiger partial charge < -0.3 is 5.32 Å². The first-order valence-electron chi connectivity index (χ1n) is 4.85. The molecule has 80 valence electrons. The fourth-order valence-corrected chi connectivity index (χ4v) is 1.38. The zero-order valence-electron chi connectivity index (χ0n) is 9.21. The minimum Gasteiger partial charge on any atom is -0.369 e. The SMILES string of the molecule is CC(C)(C)C(C#N)Nc1cccc(Cl)c1. The Morgan fingerprint density at radius 1 is 1.40 bits per heavy atom. The van der Waals surface area contributed by atoms with Crippen molar-refractivity contribution in [2.45, 2.75) is 26.8 Å². The van der Waals surface area contributed by atoms with E-state index in [-0.39, 0.29) is 11.5 Å². The molecule has 15 heavy (non-hydrogen) atoms. The molecule has 1 atom stereocenters. The van der Waals surface area contributed by atoms with Gasteiger partial charge in [0.2, 0.25) is 0 Å². The fourth-order valence-electron chi connectivity index (χ4n) is 1.19. The van der Waals surface area contributed by atoms with Crippen LogP contribution in [0.1, 0.15) is 20.8 Å². The van der Waals surface area contributed by atoms with Gasteiger partial charge in [-0.15, -0.1) is 0 Å². The third kappa shape index (κ3) is 3.45. The lowest BCUT2D eigenvalue weighted by atomic mass is 9.87. The molecule has 0 heterocycles. The lowest BCUT2D eigenvalue weighted by molar-refractivity contribution is 0.390. The van der Waals surface area contributed by atoms with Crippen molar-refractivity contribution >= 4 is 17.3 Å². The van der Waals surface area contributed by atoms with Crippen molar-refractivity contribution < 1.29 is 0 Å². The number of nitriles is 1. The molecule has 0 amide bonds. The van der Waals surface area contributed by atoms with E-state index in [0.29, 0.717) is 5.02 Å². The topological polar surface area (TPSA) is 35.8 Å². The van der Waals surface area contributed by atoms with Crippen molar-refractivity contribution in [3.05, 3.63) is 29.3 Å². The van der Waals surface area contributed by atoms with Crippen LogP contribution in [-0.4, -0.2) is 6.04 Å². The standard InChI is InChI=1S/C12H15ClN2/c1-12(2,3)11(8-14)15-10-6-4-5-9(13)7-10/h4-7,11,15H,1-3H3.